The second kappa shape index (κ2) is 6.32. The van der Waals surface area contributed by atoms with E-state index < -0.39 is 17.4 Å². The molecule has 1 atom stereocenters. The van der Waals surface area contributed by atoms with E-state index in [1.54, 1.807) is 19.9 Å². The standard InChI is InChI=1S/C16H17ClN2O3/c1-4-16(2,15(21)22-3)19-14(20)13-9-11(17)10-7-5-6-8-12(10)18-13/h5-9H,4H2,1-3H3,(H,19,20)/t16-/m0/s1. The van der Waals surface area contributed by atoms with E-state index in [1.807, 2.05) is 18.2 Å². The molecule has 2 aromatic rings. The van der Waals surface area contributed by atoms with E-state index in [4.69, 9.17) is 16.3 Å². The van der Waals surface area contributed by atoms with Crippen molar-refractivity contribution in [3.05, 3.63) is 41.0 Å². The van der Waals surface area contributed by atoms with Gasteiger partial charge in [-0.3, -0.25) is 4.79 Å². The summed E-state index contributed by atoms with van der Waals surface area (Å²) in [7, 11) is 1.29. The van der Waals surface area contributed by atoms with Crippen LogP contribution in [-0.4, -0.2) is 29.5 Å². The number of hydrogen-bond donors (Lipinski definition) is 1. The van der Waals surface area contributed by atoms with Crippen LogP contribution in [0, 0.1) is 0 Å². The van der Waals surface area contributed by atoms with E-state index in [2.05, 4.69) is 10.3 Å². The first-order valence-corrected chi connectivity index (χ1v) is 7.25. The van der Waals surface area contributed by atoms with Crippen LogP contribution in [-0.2, 0) is 9.53 Å². The van der Waals surface area contributed by atoms with Gasteiger partial charge in [-0.05, 0) is 25.5 Å². The van der Waals surface area contributed by atoms with E-state index in [-0.39, 0.29) is 5.69 Å². The highest BCUT2D eigenvalue weighted by molar-refractivity contribution is 6.35. The number of para-hydroxylation sites is 1. The van der Waals surface area contributed by atoms with Crippen molar-refractivity contribution < 1.29 is 14.3 Å². The van der Waals surface area contributed by atoms with E-state index in [1.165, 1.54) is 13.2 Å². The fraction of sp³-hybridized carbons (Fsp3) is 0.312. The summed E-state index contributed by atoms with van der Waals surface area (Å²) in [5.41, 5.74) is -0.324. The lowest BCUT2D eigenvalue weighted by molar-refractivity contribution is -0.147. The van der Waals surface area contributed by atoms with E-state index in [9.17, 15) is 9.59 Å². The van der Waals surface area contributed by atoms with Crippen LogP contribution in [0.5, 0.6) is 0 Å². The third-order valence-corrected chi connectivity index (χ3v) is 3.94. The molecule has 0 bridgehead atoms. The lowest BCUT2D eigenvalue weighted by Gasteiger charge is -2.26. The number of aromatic nitrogens is 1. The molecule has 1 heterocycles. The number of esters is 1. The summed E-state index contributed by atoms with van der Waals surface area (Å²) in [6.45, 7) is 3.40. The zero-order chi connectivity index (χ0) is 16.3. The lowest BCUT2D eigenvalue weighted by Crippen LogP contribution is -2.52. The number of nitrogens with one attached hydrogen (secondary N) is 1. The van der Waals surface area contributed by atoms with Crippen molar-refractivity contribution in [3.63, 3.8) is 0 Å². The fourth-order valence-electron chi connectivity index (χ4n) is 2.07. The number of pyridine rings is 1. The molecule has 0 aliphatic carbocycles. The van der Waals surface area contributed by atoms with Crippen LogP contribution in [0.2, 0.25) is 5.02 Å². The molecule has 2 rings (SSSR count). The van der Waals surface area contributed by atoms with Gasteiger partial charge in [-0.2, -0.15) is 0 Å². The molecule has 0 radical (unpaired) electrons. The number of nitrogens with zero attached hydrogens (tertiary/aromatic N) is 1. The molecule has 6 heteroatoms. The number of carbonyl (C=O) groups is 2. The summed E-state index contributed by atoms with van der Waals surface area (Å²) < 4.78 is 4.74. The number of ether oxygens (including phenoxy) is 1. The van der Waals surface area contributed by atoms with Gasteiger partial charge in [-0.1, -0.05) is 36.7 Å². The van der Waals surface area contributed by atoms with E-state index >= 15 is 0 Å². The van der Waals surface area contributed by atoms with Crippen molar-refractivity contribution in [2.45, 2.75) is 25.8 Å². The Morgan fingerprint density at radius 2 is 2.05 bits per heavy atom. The zero-order valence-corrected chi connectivity index (χ0v) is 13.4. The lowest BCUT2D eigenvalue weighted by atomic mass is 9.99. The Morgan fingerprint density at radius 1 is 1.36 bits per heavy atom. The molecule has 5 nitrogen and oxygen atoms in total. The first-order chi connectivity index (χ1) is 10.4. The maximum absolute atomic E-state index is 12.4. The summed E-state index contributed by atoms with van der Waals surface area (Å²) in [5, 5.41) is 3.87. The molecule has 0 aliphatic rings. The van der Waals surface area contributed by atoms with Crippen LogP contribution >= 0.6 is 11.6 Å². The number of carbonyl (C=O) groups excluding carboxylic acids is 2. The van der Waals surface area contributed by atoms with Crippen LogP contribution < -0.4 is 5.32 Å². The Hall–Kier alpha value is -2.14. The van der Waals surface area contributed by atoms with Gasteiger partial charge >= 0.3 is 5.97 Å². The molecule has 1 aromatic heterocycles. The summed E-state index contributed by atoms with van der Waals surface area (Å²) in [6, 6.07) is 8.76. The topological polar surface area (TPSA) is 68.3 Å². The minimum absolute atomic E-state index is 0.160. The van der Waals surface area contributed by atoms with E-state index in [0.717, 1.165) is 5.39 Å². The Balaban J connectivity index is 2.35. The van der Waals surface area contributed by atoms with Gasteiger partial charge in [-0.25, -0.2) is 9.78 Å². The molecule has 0 spiro atoms. The predicted octanol–water partition coefficient (Wildman–Crippen LogP) is 2.96. The predicted molar refractivity (Wildman–Crippen MR) is 84.9 cm³/mol. The third kappa shape index (κ3) is 3.04. The van der Waals surface area contributed by atoms with Gasteiger partial charge in [0.25, 0.3) is 5.91 Å². The molecular formula is C16H17ClN2O3. The average molecular weight is 321 g/mol. The maximum Gasteiger partial charge on any atom is 0.331 e. The van der Waals surface area contributed by atoms with E-state index in [0.29, 0.717) is 17.0 Å². The molecule has 0 aliphatic heterocycles. The minimum Gasteiger partial charge on any atom is -0.467 e. The van der Waals surface area contributed by atoms with Crippen LogP contribution in [0.4, 0.5) is 0 Å². The van der Waals surface area contributed by atoms with Crippen molar-refractivity contribution in [2.24, 2.45) is 0 Å². The molecule has 0 unspecified atom stereocenters. The van der Waals surface area contributed by atoms with Crippen molar-refractivity contribution in [3.8, 4) is 0 Å². The number of amides is 1. The van der Waals surface area contributed by atoms with Crippen LogP contribution in [0.25, 0.3) is 10.9 Å². The molecule has 0 saturated carbocycles. The third-order valence-electron chi connectivity index (χ3n) is 3.63. The van der Waals surface area contributed by atoms with Crippen molar-refractivity contribution in [2.75, 3.05) is 7.11 Å². The van der Waals surface area contributed by atoms with Gasteiger partial charge in [-0.15, -0.1) is 0 Å². The molecule has 0 fully saturated rings. The molecule has 1 aromatic carbocycles. The summed E-state index contributed by atoms with van der Waals surface area (Å²) >= 11 is 6.19. The van der Waals surface area contributed by atoms with Crippen molar-refractivity contribution in [1.82, 2.24) is 10.3 Å². The quantitative estimate of drug-likeness (QED) is 0.879. The number of hydrogen-bond acceptors (Lipinski definition) is 4. The summed E-state index contributed by atoms with van der Waals surface area (Å²) in [4.78, 5) is 28.5. The first kappa shape index (κ1) is 16.2. The number of halogens is 1. The van der Waals surface area contributed by atoms with Crippen molar-refractivity contribution >= 4 is 34.4 Å². The average Bonchev–Trinajstić information content (AvgIpc) is 2.53. The monoisotopic (exact) mass is 320 g/mol. The molecule has 0 saturated heterocycles. The Morgan fingerprint density at radius 3 is 2.68 bits per heavy atom. The maximum atomic E-state index is 12.4. The highest BCUT2D eigenvalue weighted by Gasteiger charge is 2.34. The normalized spacial score (nSPS) is 13.5. The molecular weight excluding hydrogens is 304 g/mol. The molecule has 1 amide bonds. The van der Waals surface area contributed by atoms with Gasteiger partial charge in [0.2, 0.25) is 0 Å². The number of benzene rings is 1. The highest BCUT2D eigenvalue weighted by Crippen LogP contribution is 2.23. The Labute approximate surface area is 133 Å². The second-order valence-corrected chi connectivity index (χ2v) is 5.55. The number of fused-ring (bicyclic) bond motifs is 1. The summed E-state index contributed by atoms with van der Waals surface area (Å²) in [5.74, 6) is -0.974. The largest absolute Gasteiger partial charge is 0.467 e. The Bertz CT molecular complexity index is 732. The van der Waals surface area contributed by atoms with Gasteiger partial charge in [0.05, 0.1) is 17.6 Å². The molecule has 22 heavy (non-hydrogen) atoms. The van der Waals surface area contributed by atoms with Crippen LogP contribution in [0.1, 0.15) is 30.8 Å². The van der Waals surface area contributed by atoms with Gasteiger partial charge in [0.15, 0.2) is 0 Å². The van der Waals surface area contributed by atoms with Crippen molar-refractivity contribution in [1.29, 1.82) is 0 Å². The van der Waals surface area contributed by atoms with Gasteiger partial charge in [0.1, 0.15) is 11.2 Å². The number of rotatable bonds is 4. The van der Waals surface area contributed by atoms with Gasteiger partial charge in [0, 0.05) is 5.39 Å². The minimum atomic E-state index is -1.11. The van der Waals surface area contributed by atoms with Gasteiger partial charge < -0.3 is 10.1 Å². The van der Waals surface area contributed by atoms with Crippen LogP contribution in [0.3, 0.4) is 0 Å². The smallest absolute Gasteiger partial charge is 0.331 e. The SMILES string of the molecule is CC[C@](C)(NC(=O)c1cc(Cl)c2ccccc2n1)C(=O)OC. The zero-order valence-electron chi connectivity index (χ0n) is 12.6. The van der Waals surface area contributed by atoms with Crippen LogP contribution in [0.15, 0.2) is 30.3 Å². The molecule has 1 N–H and O–H groups in total. The first-order valence-electron chi connectivity index (χ1n) is 6.87. The summed E-state index contributed by atoms with van der Waals surface area (Å²) in [6.07, 6.45) is 0.396. The highest BCUT2D eigenvalue weighted by atomic mass is 35.5. The second-order valence-electron chi connectivity index (χ2n) is 5.14. The number of methoxy groups -OCH3 is 1. The fourth-order valence-corrected chi connectivity index (χ4v) is 2.34. The Kier molecular flexibility index (Phi) is 4.66. The molecule has 116 valence electrons.